The number of likely N-dealkylation sites (N-methyl/N-ethyl adjacent to an activating group) is 1. The Hall–Kier alpha value is -1.22. The van der Waals surface area contributed by atoms with Crippen LogP contribution in [0, 0.1) is 11.8 Å². The first-order valence-corrected chi connectivity index (χ1v) is 8.06. The molecule has 1 atom stereocenters. The van der Waals surface area contributed by atoms with Crippen LogP contribution in [0.4, 0.5) is 0 Å². The average molecular weight is 291 g/mol. The first kappa shape index (κ1) is 16.2. The van der Waals surface area contributed by atoms with E-state index in [2.05, 4.69) is 31.4 Å². The van der Waals surface area contributed by atoms with Crippen molar-refractivity contribution < 1.29 is 9.47 Å². The summed E-state index contributed by atoms with van der Waals surface area (Å²) < 4.78 is 10.7. The molecule has 3 nitrogen and oxygen atoms in total. The third kappa shape index (κ3) is 4.13. The van der Waals surface area contributed by atoms with Crippen LogP contribution in [0.25, 0.3) is 0 Å². The molecular weight excluding hydrogens is 262 g/mol. The second-order valence-corrected chi connectivity index (χ2v) is 6.31. The van der Waals surface area contributed by atoms with Gasteiger partial charge in [0.2, 0.25) is 0 Å². The molecular formula is C18H29NO2. The lowest BCUT2D eigenvalue weighted by Gasteiger charge is -2.32. The molecule has 1 aromatic carbocycles. The summed E-state index contributed by atoms with van der Waals surface area (Å²) in [4.78, 5) is 0. The van der Waals surface area contributed by atoms with Gasteiger partial charge in [-0.15, -0.1) is 0 Å². The van der Waals surface area contributed by atoms with Crippen LogP contribution < -0.4 is 14.8 Å². The first-order chi connectivity index (χ1) is 10.2. The summed E-state index contributed by atoms with van der Waals surface area (Å²) in [7, 11) is 5.46. The van der Waals surface area contributed by atoms with Crippen LogP contribution in [-0.4, -0.2) is 27.3 Å². The van der Waals surface area contributed by atoms with Gasteiger partial charge in [0.25, 0.3) is 0 Å². The van der Waals surface area contributed by atoms with Crippen LogP contribution in [0.1, 0.15) is 38.2 Å². The van der Waals surface area contributed by atoms with Crippen molar-refractivity contribution in [1.82, 2.24) is 5.32 Å². The molecule has 2 rings (SSSR count). The quantitative estimate of drug-likeness (QED) is 0.867. The molecule has 1 fully saturated rings. The fourth-order valence-corrected chi connectivity index (χ4v) is 3.45. The molecule has 0 aliphatic heterocycles. The van der Waals surface area contributed by atoms with Gasteiger partial charge in [-0.05, 0) is 55.8 Å². The Morgan fingerprint density at radius 1 is 1.10 bits per heavy atom. The minimum Gasteiger partial charge on any atom is -0.493 e. The smallest absolute Gasteiger partial charge is 0.160 e. The molecule has 1 unspecified atom stereocenters. The number of methoxy groups -OCH3 is 2. The Balaban J connectivity index is 2.04. The van der Waals surface area contributed by atoms with Gasteiger partial charge in [0.1, 0.15) is 0 Å². The maximum atomic E-state index is 5.41. The Bertz CT molecular complexity index is 439. The Morgan fingerprint density at radius 2 is 1.76 bits per heavy atom. The molecule has 1 aliphatic rings. The zero-order chi connectivity index (χ0) is 15.2. The first-order valence-electron chi connectivity index (χ1n) is 8.06. The second kappa shape index (κ2) is 7.69. The average Bonchev–Trinajstić information content (AvgIpc) is 2.53. The van der Waals surface area contributed by atoms with E-state index in [1.54, 1.807) is 14.2 Å². The maximum Gasteiger partial charge on any atom is 0.160 e. The summed E-state index contributed by atoms with van der Waals surface area (Å²) in [5.41, 5.74) is 1.31. The zero-order valence-corrected chi connectivity index (χ0v) is 13.8. The summed E-state index contributed by atoms with van der Waals surface area (Å²) >= 11 is 0. The lowest BCUT2D eigenvalue weighted by atomic mass is 9.78. The predicted octanol–water partition coefficient (Wildman–Crippen LogP) is 3.66. The Morgan fingerprint density at radius 3 is 2.33 bits per heavy atom. The third-order valence-corrected chi connectivity index (χ3v) is 4.90. The van der Waals surface area contributed by atoms with Gasteiger partial charge in [-0.25, -0.2) is 0 Å². The largest absolute Gasteiger partial charge is 0.493 e. The van der Waals surface area contributed by atoms with E-state index in [4.69, 9.17) is 9.47 Å². The summed E-state index contributed by atoms with van der Waals surface area (Å²) in [6.45, 7) is 2.37. The van der Waals surface area contributed by atoms with Gasteiger partial charge in [0.05, 0.1) is 14.2 Å². The van der Waals surface area contributed by atoms with Gasteiger partial charge in [-0.2, -0.15) is 0 Å². The summed E-state index contributed by atoms with van der Waals surface area (Å²) in [5.74, 6) is 3.31. The van der Waals surface area contributed by atoms with E-state index >= 15 is 0 Å². The van der Waals surface area contributed by atoms with Gasteiger partial charge >= 0.3 is 0 Å². The molecule has 1 aromatic rings. The van der Waals surface area contributed by atoms with Gasteiger partial charge in [-0.3, -0.25) is 0 Å². The van der Waals surface area contributed by atoms with Crippen LogP contribution in [0.15, 0.2) is 18.2 Å². The molecule has 0 radical (unpaired) electrons. The lowest BCUT2D eigenvalue weighted by molar-refractivity contribution is 0.235. The minimum absolute atomic E-state index is 0.551. The van der Waals surface area contributed by atoms with Crippen molar-refractivity contribution in [2.24, 2.45) is 11.8 Å². The van der Waals surface area contributed by atoms with Crippen molar-refractivity contribution in [3.05, 3.63) is 23.8 Å². The number of nitrogens with one attached hydrogen (secondary N) is 1. The normalized spacial score (nSPS) is 23.6. The van der Waals surface area contributed by atoms with E-state index in [-0.39, 0.29) is 0 Å². The molecule has 0 amide bonds. The molecule has 1 aliphatic carbocycles. The van der Waals surface area contributed by atoms with E-state index in [9.17, 15) is 0 Å². The molecule has 21 heavy (non-hydrogen) atoms. The molecule has 0 heterocycles. The van der Waals surface area contributed by atoms with Crippen molar-refractivity contribution >= 4 is 0 Å². The number of hydrogen-bond acceptors (Lipinski definition) is 3. The molecule has 3 heteroatoms. The van der Waals surface area contributed by atoms with Crippen LogP contribution in [0.2, 0.25) is 0 Å². The third-order valence-electron chi connectivity index (χ3n) is 4.90. The summed E-state index contributed by atoms with van der Waals surface area (Å²) in [6, 6.07) is 6.81. The van der Waals surface area contributed by atoms with Gasteiger partial charge in [0.15, 0.2) is 11.5 Å². The van der Waals surface area contributed by atoms with E-state index < -0.39 is 0 Å². The molecule has 0 aromatic heterocycles. The van der Waals surface area contributed by atoms with Crippen molar-refractivity contribution in [2.75, 3.05) is 21.3 Å². The number of ether oxygens (including phenoxy) is 2. The summed E-state index contributed by atoms with van der Waals surface area (Å²) in [5, 5.41) is 3.53. The SMILES string of the molecule is CNC(Cc1ccc(OC)c(OC)c1)C1CCC(C)CC1. The highest BCUT2D eigenvalue weighted by atomic mass is 16.5. The molecule has 0 saturated heterocycles. The maximum absolute atomic E-state index is 5.41. The topological polar surface area (TPSA) is 30.5 Å². The van der Waals surface area contributed by atoms with Crippen LogP contribution >= 0.6 is 0 Å². The highest BCUT2D eigenvalue weighted by Gasteiger charge is 2.25. The number of benzene rings is 1. The van der Waals surface area contributed by atoms with Crippen molar-refractivity contribution in [2.45, 2.75) is 45.1 Å². The van der Waals surface area contributed by atoms with Crippen LogP contribution in [0.5, 0.6) is 11.5 Å². The van der Waals surface area contributed by atoms with Crippen molar-refractivity contribution in [3.8, 4) is 11.5 Å². The lowest BCUT2D eigenvalue weighted by Crippen LogP contribution is -2.37. The van der Waals surface area contributed by atoms with E-state index in [1.807, 2.05) is 6.07 Å². The van der Waals surface area contributed by atoms with Crippen LogP contribution in [0.3, 0.4) is 0 Å². The van der Waals surface area contributed by atoms with E-state index in [0.717, 1.165) is 29.8 Å². The molecule has 0 bridgehead atoms. The van der Waals surface area contributed by atoms with Gasteiger partial charge in [-0.1, -0.05) is 25.8 Å². The molecule has 0 spiro atoms. The number of rotatable bonds is 6. The highest BCUT2D eigenvalue weighted by molar-refractivity contribution is 5.43. The van der Waals surface area contributed by atoms with Crippen LogP contribution in [-0.2, 0) is 6.42 Å². The van der Waals surface area contributed by atoms with E-state index in [1.165, 1.54) is 31.2 Å². The second-order valence-electron chi connectivity index (χ2n) is 6.31. The van der Waals surface area contributed by atoms with Gasteiger partial charge < -0.3 is 14.8 Å². The minimum atomic E-state index is 0.551. The van der Waals surface area contributed by atoms with Gasteiger partial charge in [0, 0.05) is 6.04 Å². The van der Waals surface area contributed by atoms with E-state index in [0.29, 0.717) is 6.04 Å². The molecule has 118 valence electrons. The Labute approximate surface area is 129 Å². The predicted molar refractivity (Wildman–Crippen MR) is 87.2 cm³/mol. The van der Waals surface area contributed by atoms with Crippen molar-refractivity contribution in [3.63, 3.8) is 0 Å². The fraction of sp³-hybridized carbons (Fsp3) is 0.667. The monoisotopic (exact) mass is 291 g/mol. The summed E-state index contributed by atoms with van der Waals surface area (Å²) in [6.07, 6.45) is 6.49. The molecule has 1 N–H and O–H groups in total. The standard InChI is InChI=1S/C18H29NO2/c1-13-5-8-15(9-6-13)16(19-2)11-14-7-10-17(20-3)18(12-14)21-4/h7,10,12-13,15-16,19H,5-6,8-9,11H2,1-4H3. The number of hydrogen-bond donors (Lipinski definition) is 1. The zero-order valence-electron chi connectivity index (χ0n) is 13.8. The fourth-order valence-electron chi connectivity index (χ4n) is 3.45. The molecule has 1 saturated carbocycles. The Kier molecular flexibility index (Phi) is 5.92. The highest BCUT2D eigenvalue weighted by Crippen LogP contribution is 2.33. The van der Waals surface area contributed by atoms with Crippen molar-refractivity contribution in [1.29, 1.82) is 0 Å².